The molecule has 6 heteroatoms. The minimum atomic E-state index is -4.56. The lowest BCUT2D eigenvalue weighted by atomic mass is 10.3. The Morgan fingerprint density at radius 2 is 2.00 bits per heavy atom. The molecule has 0 radical (unpaired) electrons. The summed E-state index contributed by atoms with van der Waals surface area (Å²) in [6, 6.07) is 3.53. The first-order chi connectivity index (χ1) is 7.29. The summed E-state index contributed by atoms with van der Waals surface area (Å²) in [5.74, 6) is -0.431. The van der Waals surface area contributed by atoms with Crippen LogP contribution in [0.25, 0.3) is 0 Å². The summed E-state index contributed by atoms with van der Waals surface area (Å²) in [5, 5.41) is 9.31. The first-order valence-corrected chi connectivity index (χ1v) is 5.60. The van der Waals surface area contributed by atoms with Crippen LogP contribution in [0.5, 0.6) is 0 Å². The first-order valence-electron chi connectivity index (χ1n) is 4.62. The molecule has 0 aliphatic heterocycles. The predicted octanol–water partition coefficient (Wildman–Crippen LogP) is 2.71. The highest BCUT2D eigenvalue weighted by molar-refractivity contribution is 7.99. The second-order valence-corrected chi connectivity index (χ2v) is 4.53. The number of halogens is 3. The van der Waals surface area contributed by atoms with E-state index in [1.165, 1.54) is 0 Å². The summed E-state index contributed by atoms with van der Waals surface area (Å²) < 4.78 is 36.1. The second kappa shape index (κ2) is 5.05. The molecule has 2 nitrogen and oxygen atoms in total. The Kier molecular flexibility index (Phi) is 4.21. The van der Waals surface area contributed by atoms with Crippen molar-refractivity contribution in [2.24, 2.45) is 0 Å². The Morgan fingerprint density at radius 1 is 1.38 bits per heavy atom. The highest BCUT2D eigenvalue weighted by Crippen LogP contribution is 2.26. The molecule has 0 saturated heterocycles. The molecule has 1 rings (SSSR count). The van der Waals surface area contributed by atoms with E-state index in [9.17, 15) is 13.2 Å². The molecule has 0 spiro atoms. The van der Waals surface area contributed by atoms with E-state index < -0.39 is 18.0 Å². The largest absolute Gasteiger partial charge is 0.415 e. The highest BCUT2D eigenvalue weighted by atomic mass is 32.2. The standard InChI is InChI=1S/C10H12F3NOS/c1-6-3-7(2)14-9(4-6)16-5-8(15)10(11,12)13/h3-4,8,15H,5H2,1-2H3. The van der Waals surface area contributed by atoms with Gasteiger partial charge in [0.1, 0.15) is 0 Å². The smallest absolute Gasteiger partial charge is 0.383 e. The maximum absolute atomic E-state index is 12.0. The Hall–Kier alpha value is -0.750. The van der Waals surface area contributed by atoms with Crippen molar-refractivity contribution in [1.29, 1.82) is 0 Å². The zero-order valence-electron chi connectivity index (χ0n) is 8.88. The number of pyridine rings is 1. The average molecular weight is 251 g/mol. The van der Waals surface area contributed by atoms with Crippen molar-refractivity contribution in [2.75, 3.05) is 5.75 Å². The van der Waals surface area contributed by atoms with Gasteiger partial charge in [-0.2, -0.15) is 13.2 Å². The summed E-state index contributed by atoms with van der Waals surface area (Å²) >= 11 is 0.903. The number of alkyl halides is 3. The molecule has 90 valence electrons. The van der Waals surface area contributed by atoms with Gasteiger partial charge in [-0.25, -0.2) is 4.98 Å². The van der Waals surface area contributed by atoms with Gasteiger partial charge in [0.25, 0.3) is 0 Å². The lowest BCUT2D eigenvalue weighted by Gasteiger charge is -2.13. The summed E-state index contributed by atoms with van der Waals surface area (Å²) in [6.07, 6.45) is -6.87. The molecule has 0 aliphatic rings. The normalized spacial score (nSPS) is 13.9. The van der Waals surface area contributed by atoms with Gasteiger partial charge in [-0.05, 0) is 31.5 Å². The van der Waals surface area contributed by atoms with Gasteiger partial charge in [-0.1, -0.05) is 0 Å². The number of rotatable bonds is 3. The molecule has 0 aliphatic carbocycles. The molecule has 0 fully saturated rings. The monoisotopic (exact) mass is 251 g/mol. The predicted molar refractivity (Wildman–Crippen MR) is 56.5 cm³/mol. The molecular formula is C10H12F3NOS. The molecule has 0 bridgehead atoms. The lowest BCUT2D eigenvalue weighted by molar-refractivity contribution is -0.195. The third-order valence-electron chi connectivity index (χ3n) is 1.84. The minimum Gasteiger partial charge on any atom is -0.383 e. The first kappa shape index (κ1) is 13.3. The van der Waals surface area contributed by atoms with Gasteiger partial charge >= 0.3 is 6.18 Å². The number of nitrogens with zero attached hydrogens (tertiary/aromatic N) is 1. The van der Waals surface area contributed by atoms with E-state index in [-0.39, 0.29) is 0 Å². The number of aryl methyl sites for hydroxylation is 2. The van der Waals surface area contributed by atoms with Gasteiger partial charge in [0.05, 0.1) is 5.03 Å². The average Bonchev–Trinajstić information content (AvgIpc) is 2.11. The summed E-state index contributed by atoms with van der Waals surface area (Å²) in [4.78, 5) is 4.07. The van der Waals surface area contributed by atoms with Crippen molar-refractivity contribution in [3.63, 3.8) is 0 Å². The molecule has 0 saturated carbocycles. The molecule has 0 aromatic carbocycles. The summed E-state index contributed by atoms with van der Waals surface area (Å²) in [7, 11) is 0. The van der Waals surface area contributed by atoms with Crippen LogP contribution in [0, 0.1) is 13.8 Å². The zero-order chi connectivity index (χ0) is 12.3. The summed E-state index contributed by atoms with van der Waals surface area (Å²) in [5.41, 5.74) is 1.69. The van der Waals surface area contributed by atoms with Gasteiger partial charge in [0.2, 0.25) is 0 Å². The second-order valence-electron chi connectivity index (χ2n) is 3.49. The van der Waals surface area contributed by atoms with Gasteiger partial charge < -0.3 is 5.11 Å². The van der Waals surface area contributed by atoms with Crippen molar-refractivity contribution in [1.82, 2.24) is 4.98 Å². The molecule has 1 unspecified atom stereocenters. The van der Waals surface area contributed by atoms with Crippen LogP contribution in [-0.4, -0.2) is 28.1 Å². The number of aliphatic hydroxyl groups excluding tert-OH is 1. The van der Waals surface area contributed by atoms with Gasteiger partial charge in [-0.15, -0.1) is 11.8 Å². The van der Waals surface area contributed by atoms with Gasteiger partial charge in [0.15, 0.2) is 6.10 Å². The van der Waals surface area contributed by atoms with Crippen molar-refractivity contribution in [3.05, 3.63) is 23.4 Å². The number of hydrogen-bond donors (Lipinski definition) is 1. The SMILES string of the molecule is Cc1cc(C)nc(SCC(O)C(F)(F)F)c1. The van der Waals surface area contributed by atoms with Crippen LogP contribution >= 0.6 is 11.8 Å². The molecule has 1 N–H and O–H groups in total. The Bertz CT molecular complexity index is 347. The third-order valence-corrected chi connectivity index (χ3v) is 2.83. The number of hydrogen-bond acceptors (Lipinski definition) is 3. The molecule has 1 atom stereocenters. The van der Waals surface area contributed by atoms with Gasteiger partial charge in [0, 0.05) is 11.4 Å². The van der Waals surface area contributed by atoms with Crippen LogP contribution < -0.4 is 0 Å². The summed E-state index contributed by atoms with van der Waals surface area (Å²) in [6.45, 7) is 3.62. The molecular weight excluding hydrogens is 239 g/mol. The Labute approximate surface area is 95.9 Å². The maximum Gasteiger partial charge on any atom is 0.415 e. The Morgan fingerprint density at radius 3 is 2.50 bits per heavy atom. The fourth-order valence-electron chi connectivity index (χ4n) is 1.14. The maximum atomic E-state index is 12.0. The van der Waals surface area contributed by atoms with Crippen LogP contribution in [0.4, 0.5) is 13.2 Å². The van der Waals surface area contributed by atoms with Crippen molar-refractivity contribution < 1.29 is 18.3 Å². The lowest BCUT2D eigenvalue weighted by Crippen LogP contribution is -2.30. The number of thioether (sulfide) groups is 1. The zero-order valence-corrected chi connectivity index (χ0v) is 9.69. The van der Waals surface area contributed by atoms with Crippen LogP contribution in [0.2, 0.25) is 0 Å². The van der Waals surface area contributed by atoms with Gasteiger partial charge in [-0.3, -0.25) is 0 Å². The van der Waals surface area contributed by atoms with E-state index in [1.54, 1.807) is 13.0 Å². The van der Waals surface area contributed by atoms with E-state index in [2.05, 4.69) is 4.98 Å². The van der Waals surface area contributed by atoms with E-state index in [1.807, 2.05) is 13.0 Å². The van der Waals surface area contributed by atoms with Crippen LogP contribution in [0.3, 0.4) is 0 Å². The number of aliphatic hydroxyl groups is 1. The fourth-order valence-corrected chi connectivity index (χ4v) is 2.13. The van der Waals surface area contributed by atoms with Crippen LogP contribution in [-0.2, 0) is 0 Å². The fraction of sp³-hybridized carbons (Fsp3) is 0.500. The molecule has 1 aromatic heterocycles. The van der Waals surface area contributed by atoms with Crippen molar-refractivity contribution in [3.8, 4) is 0 Å². The van der Waals surface area contributed by atoms with Crippen molar-refractivity contribution >= 4 is 11.8 Å². The minimum absolute atomic E-state index is 0.431. The quantitative estimate of drug-likeness (QED) is 0.838. The topological polar surface area (TPSA) is 33.1 Å². The van der Waals surface area contributed by atoms with E-state index in [0.29, 0.717) is 5.03 Å². The van der Waals surface area contributed by atoms with Crippen LogP contribution in [0.15, 0.2) is 17.2 Å². The third kappa shape index (κ3) is 4.02. The van der Waals surface area contributed by atoms with E-state index >= 15 is 0 Å². The molecule has 1 heterocycles. The van der Waals surface area contributed by atoms with E-state index in [4.69, 9.17) is 5.11 Å². The Balaban J connectivity index is 2.61. The molecule has 16 heavy (non-hydrogen) atoms. The molecule has 0 amide bonds. The van der Waals surface area contributed by atoms with Crippen molar-refractivity contribution in [2.45, 2.75) is 31.2 Å². The highest BCUT2D eigenvalue weighted by Gasteiger charge is 2.37. The van der Waals surface area contributed by atoms with Crippen LogP contribution in [0.1, 0.15) is 11.3 Å². The van der Waals surface area contributed by atoms with E-state index in [0.717, 1.165) is 23.0 Å². The molecule has 1 aromatic rings. The number of aromatic nitrogens is 1.